The van der Waals surface area contributed by atoms with Gasteiger partial charge in [0.15, 0.2) is 0 Å². The van der Waals surface area contributed by atoms with Crippen molar-refractivity contribution in [1.82, 2.24) is 15.3 Å². The lowest BCUT2D eigenvalue weighted by molar-refractivity contribution is 0.0949. The Kier molecular flexibility index (Phi) is 4.32. The van der Waals surface area contributed by atoms with Crippen LogP contribution in [0.15, 0.2) is 36.8 Å². The van der Waals surface area contributed by atoms with Gasteiger partial charge in [-0.1, -0.05) is 0 Å². The first-order chi connectivity index (χ1) is 10.7. The summed E-state index contributed by atoms with van der Waals surface area (Å²) in [5, 5.41) is 2.89. The molecule has 0 unspecified atom stereocenters. The van der Waals surface area contributed by atoms with Crippen LogP contribution in [0.1, 0.15) is 40.7 Å². The molecule has 3 rings (SSSR count). The predicted molar refractivity (Wildman–Crippen MR) is 82.6 cm³/mol. The first-order valence-electron chi connectivity index (χ1n) is 7.52. The number of hydrogen-bond donors (Lipinski definition) is 1. The Morgan fingerprint density at radius 1 is 1.36 bits per heavy atom. The van der Waals surface area contributed by atoms with Crippen molar-refractivity contribution in [3.8, 4) is 5.88 Å². The van der Waals surface area contributed by atoms with Crippen LogP contribution in [0.5, 0.6) is 5.88 Å². The average Bonchev–Trinajstić information content (AvgIpc) is 2.49. The van der Waals surface area contributed by atoms with Crippen LogP contribution in [0.4, 0.5) is 0 Å². The summed E-state index contributed by atoms with van der Waals surface area (Å²) in [6.45, 7) is 2.35. The fourth-order valence-electron chi connectivity index (χ4n) is 2.25. The number of amides is 1. The number of pyridine rings is 2. The molecule has 0 radical (unpaired) electrons. The molecule has 1 N–H and O–H groups in total. The fraction of sp³-hybridized carbons (Fsp3) is 0.353. The number of rotatable bonds is 5. The number of carbonyl (C=O) groups is 1. The molecule has 22 heavy (non-hydrogen) atoms. The summed E-state index contributed by atoms with van der Waals surface area (Å²) in [5.74, 6) is 0.503. The van der Waals surface area contributed by atoms with E-state index in [1.807, 2.05) is 25.1 Å². The molecule has 0 saturated heterocycles. The Hall–Kier alpha value is -2.43. The second kappa shape index (κ2) is 6.56. The normalized spacial score (nSPS) is 14.2. The van der Waals surface area contributed by atoms with Gasteiger partial charge in [-0.3, -0.25) is 9.78 Å². The molecule has 114 valence electrons. The molecule has 5 heteroatoms. The van der Waals surface area contributed by atoms with E-state index in [2.05, 4.69) is 15.3 Å². The average molecular weight is 297 g/mol. The van der Waals surface area contributed by atoms with E-state index in [0.29, 0.717) is 24.1 Å². The molecular formula is C17H19N3O2. The highest BCUT2D eigenvalue weighted by atomic mass is 16.5. The van der Waals surface area contributed by atoms with Gasteiger partial charge < -0.3 is 10.1 Å². The van der Waals surface area contributed by atoms with Gasteiger partial charge in [0.25, 0.3) is 5.91 Å². The van der Waals surface area contributed by atoms with Crippen molar-refractivity contribution >= 4 is 5.91 Å². The van der Waals surface area contributed by atoms with Crippen molar-refractivity contribution in [2.75, 3.05) is 0 Å². The number of carbonyl (C=O) groups excluding carboxylic acids is 1. The lowest BCUT2D eigenvalue weighted by Gasteiger charge is -2.25. The summed E-state index contributed by atoms with van der Waals surface area (Å²) >= 11 is 0. The van der Waals surface area contributed by atoms with Crippen LogP contribution in [0.2, 0.25) is 0 Å². The lowest BCUT2D eigenvalue weighted by atomic mass is 9.96. The van der Waals surface area contributed by atoms with E-state index in [4.69, 9.17) is 4.74 Å². The summed E-state index contributed by atoms with van der Waals surface area (Å²) in [5.41, 5.74) is 2.51. The van der Waals surface area contributed by atoms with Gasteiger partial charge in [-0.2, -0.15) is 0 Å². The molecule has 2 aromatic heterocycles. The molecule has 0 atom stereocenters. The zero-order valence-corrected chi connectivity index (χ0v) is 12.6. The molecule has 1 saturated carbocycles. The number of aromatic nitrogens is 2. The largest absolute Gasteiger partial charge is 0.474 e. The highest BCUT2D eigenvalue weighted by Crippen LogP contribution is 2.24. The van der Waals surface area contributed by atoms with Crippen LogP contribution < -0.4 is 10.1 Å². The molecule has 0 aromatic carbocycles. The molecule has 1 fully saturated rings. The van der Waals surface area contributed by atoms with E-state index < -0.39 is 0 Å². The minimum absolute atomic E-state index is 0.130. The Morgan fingerprint density at radius 3 is 2.95 bits per heavy atom. The second-order valence-electron chi connectivity index (χ2n) is 5.61. The second-order valence-corrected chi connectivity index (χ2v) is 5.61. The third kappa shape index (κ3) is 3.61. The molecule has 1 amide bonds. The first-order valence-corrected chi connectivity index (χ1v) is 7.52. The maximum atomic E-state index is 12.1. The van der Waals surface area contributed by atoms with Crippen LogP contribution in [0, 0.1) is 6.92 Å². The minimum Gasteiger partial charge on any atom is -0.474 e. The summed E-state index contributed by atoms with van der Waals surface area (Å²) in [7, 11) is 0. The standard InChI is InChI=1S/C17H19N3O2/c1-12-7-14(11-18-9-12)17(21)20-10-13-5-6-19-16(8-13)22-15-3-2-4-15/h5-9,11,15H,2-4,10H2,1H3,(H,20,21). The molecule has 1 aliphatic carbocycles. The van der Waals surface area contributed by atoms with Crippen LogP contribution in [0.3, 0.4) is 0 Å². The van der Waals surface area contributed by atoms with E-state index in [1.165, 1.54) is 6.42 Å². The van der Waals surface area contributed by atoms with E-state index in [9.17, 15) is 4.79 Å². The number of ether oxygens (including phenoxy) is 1. The zero-order valence-electron chi connectivity index (χ0n) is 12.6. The smallest absolute Gasteiger partial charge is 0.253 e. The third-order valence-electron chi connectivity index (χ3n) is 3.73. The van der Waals surface area contributed by atoms with E-state index in [-0.39, 0.29) is 5.91 Å². The first kappa shape index (κ1) is 14.5. The van der Waals surface area contributed by atoms with Crippen molar-refractivity contribution in [3.05, 3.63) is 53.5 Å². The summed E-state index contributed by atoms with van der Waals surface area (Å²) < 4.78 is 5.76. The minimum atomic E-state index is -0.130. The molecular weight excluding hydrogens is 278 g/mol. The third-order valence-corrected chi connectivity index (χ3v) is 3.73. The number of hydrogen-bond acceptors (Lipinski definition) is 4. The van der Waals surface area contributed by atoms with Crippen molar-refractivity contribution in [2.45, 2.75) is 38.8 Å². The Bertz CT molecular complexity index is 668. The Balaban J connectivity index is 1.58. The Morgan fingerprint density at radius 2 is 2.23 bits per heavy atom. The van der Waals surface area contributed by atoms with Gasteiger partial charge in [0.1, 0.15) is 6.10 Å². The van der Waals surface area contributed by atoms with Gasteiger partial charge in [-0.25, -0.2) is 4.98 Å². The van der Waals surface area contributed by atoms with Crippen LogP contribution in [0.25, 0.3) is 0 Å². The fourth-order valence-corrected chi connectivity index (χ4v) is 2.25. The summed E-state index contributed by atoms with van der Waals surface area (Å²) in [4.78, 5) is 20.3. The van der Waals surface area contributed by atoms with Crippen molar-refractivity contribution in [2.24, 2.45) is 0 Å². The maximum Gasteiger partial charge on any atom is 0.253 e. The van der Waals surface area contributed by atoms with Crippen molar-refractivity contribution < 1.29 is 9.53 Å². The van der Waals surface area contributed by atoms with Gasteiger partial charge >= 0.3 is 0 Å². The van der Waals surface area contributed by atoms with E-state index >= 15 is 0 Å². The Labute approximate surface area is 129 Å². The highest BCUT2D eigenvalue weighted by molar-refractivity contribution is 5.93. The van der Waals surface area contributed by atoms with Crippen LogP contribution in [-0.4, -0.2) is 22.0 Å². The van der Waals surface area contributed by atoms with Gasteiger partial charge in [-0.05, 0) is 49.4 Å². The van der Waals surface area contributed by atoms with Crippen molar-refractivity contribution in [3.63, 3.8) is 0 Å². The van der Waals surface area contributed by atoms with Gasteiger partial charge in [0.2, 0.25) is 5.88 Å². The van der Waals surface area contributed by atoms with Gasteiger partial charge in [0, 0.05) is 31.2 Å². The molecule has 0 bridgehead atoms. The molecule has 5 nitrogen and oxygen atoms in total. The molecule has 0 spiro atoms. The summed E-state index contributed by atoms with van der Waals surface area (Å²) in [6, 6.07) is 5.58. The monoisotopic (exact) mass is 297 g/mol. The number of nitrogens with one attached hydrogen (secondary N) is 1. The number of aryl methyl sites for hydroxylation is 1. The van der Waals surface area contributed by atoms with Gasteiger partial charge in [0.05, 0.1) is 5.56 Å². The molecule has 0 aliphatic heterocycles. The predicted octanol–water partition coefficient (Wildman–Crippen LogP) is 2.65. The SMILES string of the molecule is Cc1cncc(C(=O)NCc2ccnc(OC3CCC3)c2)c1. The molecule has 1 aliphatic rings. The maximum absolute atomic E-state index is 12.1. The molecule has 2 aromatic rings. The van der Waals surface area contributed by atoms with Crippen molar-refractivity contribution in [1.29, 1.82) is 0 Å². The highest BCUT2D eigenvalue weighted by Gasteiger charge is 2.19. The topological polar surface area (TPSA) is 64.1 Å². The van der Waals surface area contributed by atoms with Crippen LogP contribution >= 0.6 is 0 Å². The van der Waals surface area contributed by atoms with E-state index in [1.54, 1.807) is 18.6 Å². The van der Waals surface area contributed by atoms with Gasteiger partial charge in [-0.15, -0.1) is 0 Å². The van der Waals surface area contributed by atoms with E-state index in [0.717, 1.165) is 24.0 Å². The summed E-state index contributed by atoms with van der Waals surface area (Å²) in [6.07, 6.45) is 8.74. The zero-order chi connectivity index (χ0) is 15.4. The number of nitrogens with zero attached hydrogens (tertiary/aromatic N) is 2. The molecule has 2 heterocycles. The lowest BCUT2D eigenvalue weighted by Crippen LogP contribution is -2.25. The quantitative estimate of drug-likeness (QED) is 0.921. The van der Waals surface area contributed by atoms with Crippen LogP contribution in [-0.2, 0) is 6.54 Å².